The van der Waals surface area contributed by atoms with Crippen molar-refractivity contribution < 1.29 is 4.74 Å². The molecule has 2 N–H and O–H groups in total. The highest BCUT2D eigenvalue weighted by molar-refractivity contribution is 4.96. The molecule has 3 atom stereocenters. The zero-order valence-electron chi connectivity index (χ0n) is 13.2. The minimum absolute atomic E-state index is 0.240. The van der Waals surface area contributed by atoms with E-state index in [0.717, 1.165) is 31.2 Å². The summed E-state index contributed by atoms with van der Waals surface area (Å²) in [6.45, 7) is 1.83. The molecule has 0 aromatic carbocycles. The lowest BCUT2D eigenvalue weighted by molar-refractivity contribution is -0.107. The predicted octanol–water partition coefficient (Wildman–Crippen LogP) is 2.93. The molecular formula is C17H32N2O. The molecule has 3 nitrogen and oxygen atoms in total. The van der Waals surface area contributed by atoms with Crippen molar-refractivity contribution in [3.05, 3.63) is 0 Å². The summed E-state index contributed by atoms with van der Waals surface area (Å²) in [7, 11) is 2.36. The molecule has 3 fully saturated rings. The Bertz CT molecular complexity index is 314. The van der Waals surface area contributed by atoms with Crippen molar-refractivity contribution in [3.63, 3.8) is 0 Å². The van der Waals surface area contributed by atoms with E-state index in [0.29, 0.717) is 0 Å². The van der Waals surface area contributed by atoms with Gasteiger partial charge < -0.3 is 10.5 Å². The van der Waals surface area contributed by atoms with Gasteiger partial charge in [0.05, 0.1) is 5.60 Å². The Morgan fingerprint density at radius 3 is 2.60 bits per heavy atom. The fraction of sp³-hybridized carbons (Fsp3) is 1.00. The normalized spacial score (nSPS) is 37.6. The molecule has 20 heavy (non-hydrogen) atoms. The first-order valence-electron chi connectivity index (χ1n) is 8.80. The molecule has 0 aromatic heterocycles. The van der Waals surface area contributed by atoms with E-state index >= 15 is 0 Å². The van der Waals surface area contributed by atoms with Crippen molar-refractivity contribution in [1.29, 1.82) is 0 Å². The molecule has 1 saturated heterocycles. The van der Waals surface area contributed by atoms with Gasteiger partial charge >= 0.3 is 0 Å². The molecule has 0 aromatic rings. The van der Waals surface area contributed by atoms with Crippen LogP contribution in [0.4, 0.5) is 0 Å². The second-order valence-corrected chi connectivity index (χ2v) is 7.40. The maximum absolute atomic E-state index is 6.20. The number of rotatable bonds is 3. The van der Waals surface area contributed by atoms with Crippen LogP contribution < -0.4 is 5.73 Å². The summed E-state index contributed by atoms with van der Waals surface area (Å²) in [4.78, 5) is 2.69. The van der Waals surface area contributed by atoms with Crippen LogP contribution in [0.1, 0.15) is 64.2 Å². The number of hydrogen-bond acceptors (Lipinski definition) is 3. The van der Waals surface area contributed by atoms with E-state index in [1.54, 1.807) is 0 Å². The second kappa shape index (κ2) is 6.33. The Morgan fingerprint density at radius 1 is 1.10 bits per heavy atom. The van der Waals surface area contributed by atoms with Crippen LogP contribution in [0.3, 0.4) is 0 Å². The zero-order valence-corrected chi connectivity index (χ0v) is 13.2. The molecule has 1 heterocycles. The van der Waals surface area contributed by atoms with Crippen LogP contribution in [0.5, 0.6) is 0 Å². The molecule has 116 valence electrons. The highest BCUT2D eigenvalue weighted by Crippen LogP contribution is 2.42. The molecule has 2 aliphatic carbocycles. The minimum Gasteiger partial charge on any atom is -0.375 e. The van der Waals surface area contributed by atoms with Gasteiger partial charge in [0.1, 0.15) is 0 Å². The predicted molar refractivity (Wildman–Crippen MR) is 82.7 cm³/mol. The maximum Gasteiger partial charge on any atom is 0.0697 e. The molecule has 3 aliphatic rings. The minimum atomic E-state index is 0.240. The monoisotopic (exact) mass is 280 g/mol. The van der Waals surface area contributed by atoms with Crippen LogP contribution in [-0.4, -0.2) is 42.8 Å². The highest BCUT2D eigenvalue weighted by Gasteiger charge is 2.42. The lowest BCUT2D eigenvalue weighted by atomic mass is 9.81. The van der Waals surface area contributed by atoms with Crippen LogP contribution >= 0.6 is 0 Å². The fourth-order valence-electron chi connectivity index (χ4n) is 4.99. The summed E-state index contributed by atoms with van der Waals surface area (Å²) in [6.07, 6.45) is 13.2. The number of hydrogen-bond donors (Lipinski definition) is 1. The van der Waals surface area contributed by atoms with Crippen molar-refractivity contribution in [1.82, 2.24) is 4.90 Å². The van der Waals surface area contributed by atoms with Gasteiger partial charge in [0.25, 0.3) is 0 Å². The van der Waals surface area contributed by atoms with Crippen molar-refractivity contribution in [3.8, 4) is 0 Å². The average molecular weight is 280 g/mol. The standard InChI is InChI=1S/C17H32N2O/c1-19(16-7-3-2-6-14(16)13-18)15-8-11-20-17(12-15)9-4-5-10-17/h14-16H,2-13,18H2,1H3. The van der Waals surface area contributed by atoms with Crippen LogP contribution in [0.2, 0.25) is 0 Å². The third kappa shape index (κ3) is 2.90. The largest absolute Gasteiger partial charge is 0.375 e. The Labute approximate surface area is 124 Å². The SMILES string of the molecule is CN(C1CCOC2(CCCC2)C1)C1CCCCC1CN. The summed E-state index contributed by atoms with van der Waals surface area (Å²) in [5.74, 6) is 0.719. The fourth-order valence-corrected chi connectivity index (χ4v) is 4.99. The molecule has 0 bridgehead atoms. The molecule has 3 unspecified atom stereocenters. The third-order valence-electron chi connectivity index (χ3n) is 6.25. The Morgan fingerprint density at radius 2 is 1.85 bits per heavy atom. The molecule has 3 rings (SSSR count). The van der Waals surface area contributed by atoms with Crippen molar-refractivity contribution in [2.24, 2.45) is 11.7 Å². The van der Waals surface area contributed by atoms with Gasteiger partial charge in [0, 0.05) is 18.7 Å². The molecule has 0 radical (unpaired) electrons. The summed E-state index contributed by atoms with van der Waals surface area (Å²) in [5, 5.41) is 0. The number of nitrogens with two attached hydrogens (primary N) is 1. The van der Waals surface area contributed by atoms with Gasteiger partial charge in [-0.1, -0.05) is 25.7 Å². The van der Waals surface area contributed by atoms with Crippen molar-refractivity contribution >= 4 is 0 Å². The smallest absolute Gasteiger partial charge is 0.0697 e. The Kier molecular flexibility index (Phi) is 4.68. The van der Waals surface area contributed by atoms with E-state index in [2.05, 4.69) is 11.9 Å². The zero-order chi connectivity index (χ0) is 14.0. The summed E-state index contributed by atoms with van der Waals surface area (Å²) >= 11 is 0. The van der Waals surface area contributed by atoms with E-state index in [-0.39, 0.29) is 5.60 Å². The second-order valence-electron chi connectivity index (χ2n) is 7.40. The first-order chi connectivity index (χ1) is 9.74. The summed E-state index contributed by atoms with van der Waals surface area (Å²) in [6, 6.07) is 1.44. The first kappa shape index (κ1) is 14.8. The van der Waals surface area contributed by atoms with Crippen LogP contribution in [0.25, 0.3) is 0 Å². The van der Waals surface area contributed by atoms with Gasteiger partial charge in [-0.25, -0.2) is 0 Å². The van der Waals surface area contributed by atoms with Gasteiger partial charge in [-0.05, 0) is 58.0 Å². The molecule has 1 aliphatic heterocycles. The van der Waals surface area contributed by atoms with E-state index < -0.39 is 0 Å². The van der Waals surface area contributed by atoms with Crippen LogP contribution in [0, 0.1) is 5.92 Å². The van der Waals surface area contributed by atoms with E-state index in [1.165, 1.54) is 64.2 Å². The first-order valence-corrected chi connectivity index (χ1v) is 8.80. The van der Waals surface area contributed by atoms with E-state index in [1.807, 2.05) is 0 Å². The lowest BCUT2D eigenvalue weighted by Gasteiger charge is -2.47. The quantitative estimate of drug-likeness (QED) is 0.864. The Balaban J connectivity index is 1.64. The molecule has 3 heteroatoms. The molecule has 0 amide bonds. The van der Waals surface area contributed by atoms with Crippen LogP contribution in [0.15, 0.2) is 0 Å². The Hall–Kier alpha value is -0.120. The molecule has 1 spiro atoms. The van der Waals surface area contributed by atoms with Crippen molar-refractivity contribution in [2.75, 3.05) is 20.2 Å². The molecule has 2 saturated carbocycles. The number of ether oxygens (including phenoxy) is 1. The maximum atomic E-state index is 6.20. The summed E-state index contributed by atoms with van der Waals surface area (Å²) < 4.78 is 6.20. The van der Waals surface area contributed by atoms with Crippen molar-refractivity contribution in [2.45, 2.75) is 81.9 Å². The van der Waals surface area contributed by atoms with Crippen LogP contribution in [-0.2, 0) is 4.74 Å². The topological polar surface area (TPSA) is 38.5 Å². The molecular weight excluding hydrogens is 248 g/mol. The van der Waals surface area contributed by atoms with Gasteiger partial charge in [-0.2, -0.15) is 0 Å². The highest BCUT2D eigenvalue weighted by atomic mass is 16.5. The lowest BCUT2D eigenvalue weighted by Crippen LogP contribution is -2.52. The van der Waals surface area contributed by atoms with Gasteiger partial charge in [0.2, 0.25) is 0 Å². The van der Waals surface area contributed by atoms with E-state index in [9.17, 15) is 0 Å². The van der Waals surface area contributed by atoms with Gasteiger partial charge in [0.15, 0.2) is 0 Å². The number of nitrogens with zero attached hydrogens (tertiary/aromatic N) is 1. The van der Waals surface area contributed by atoms with Gasteiger partial charge in [-0.3, -0.25) is 4.90 Å². The van der Waals surface area contributed by atoms with E-state index in [4.69, 9.17) is 10.5 Å². The average Bonchev–Trinajstić information content (AvgIpc) is 2.94. The third-order valence-corrected chi connectivity index (χ3v) is 6.25. The summed E-state index contributed by atoms with van der Waals surface area (Å²) in [5.41, 5.74) is 6.27. The van der Waals surface area contributed by atoms with Gasteiger partial charge in [-0.15, -0.1) is 0 Å².